The van der Waals surface area contributed by atoms with E-state index in [2.05, 4.69) is 10.2 Å². The van der Waals surface area contributed by atoms with Gasteiger partial charge in [-0.3, -0.25) is 4.79 Å². The smallest absolute Gasteiger partial charge is 0.322 e. The molecule has 5 rings (SSSR count). The molecule has 0 bridgehead atoms. The van der Waals surface area contributed by atoms with Gasteiger partial charge in [0.1, 0.15) is 6.04 Å². The second-order valence-electron chi connectivity index (χ2n) is 10.1. The van der Waals surface area contributed by atoms with Crippen LogP contribution in [-0.4, -0.2) is 88.9 Å². The van der Waals surface area contributed by atoms with Gasteiger partial charge in [0.25, 0.3) is 0 Å². The van der Waals surface area contributed by atoms with E-state index < -0.39 is 12.3 Å². The van der Waals surface area contributed by atoms with Crippen LogP contribution in [0.25, 0.3) is 0 Å². The maximum absolute atomic E-state index is 13.2. The van der Waals surface area contributed by atoms with Crippen molar-refractivity contribution in [2.24, 2.45) is 5.41 Å². The van der Waals surface area contributed by atoms with Crippen molar-refractivity contribution in [2.75, 3.05) is 38.1 Å². The van der Waals surface area contributed by atoms with Gasteiger partial charge in [0, 0.05) is 12.2 Å². The number of piperidine rings is 1. The molecule has 2 N–H and O–H groups in total. The predicted molar refractivity (Wildman–Crippen MR) is 130 cm³/mol. The molecule has 0 aromatic heterocycles. The summed E-state index contributed by atoms with van der Waals surface area (Å²) in [6.45, 7) is 5.28. The molecule has 0 radical (unpaired) electrons. The summed E-state index contributed by atoms with van der Waals surface area (Å²) in [4.78, 5) is 31.8. The fourth-order valence-corrected chi connectivity index (χ4v) is 5.88. The number of piperazine rings is 1. The van der Waals surface area contributed by atoms with E-state index in [4.69, 9.17) is 27.9 Å². The van der Waals surface area contributed by atoms with Crippen molar-refractivity contribution >= 4 is 40.8 Å². The number of benzene rings is 1. The largest absolute Gasteiger partial charge is 0.391 e. The van der Waals surface area contributed by atoms with Crippen LogP contribution in [0.2, 0.25) is 10.0 Å². The second-order valence-corrected chi connectivity index (χ2v) is 11.0. The first-order valence-electron chi connectivity index (χ1n) is 12.1. The van der Waals surface area contributed by atoms with E-state index in [9.17, 15) is 14.7 Å². The highest BCUT2D eigenvalue weighted by atomic mass is 35.5. The number of halogens is 2. The molecule has 4 aliphatic rings. The highest BCUT2D eigenvalue weighted by molar-refractivity contribution is 6.42. The first kappa shape index (κ1) is 24.1. The van der Waals surface area contributed by atoms with Crippen molar-refractivity contribution in [2.45, 2.75) is 63.4 Å². The Hall–Kier alpha value is -1.58. The van der Waals surface area contributed by atoms with Crippen LogP contribution in [0.5, 0.6) is 0 Å². The number of rotatable bonds is 5. The number of aliphatic hydroxyl groups is 1. The maximum Gasteiger partial charge on any atom is 0.322 e. The molecule has 1 aromatic carbocycles. The Morgan fingerprint density at radius 2 is 2.03 bits per heavy atom. The van der Waals surface area contributed by atoms with Gasteiger partial charge in [-0.15, -0.1) is 0 Å². The number of hydrogen-bond acceptors (Lipinski definition) is 5. The van der Waals surface area contributed by atoms with Gasteiger partial charge in [0.2, 0.25) is 5.91 Å². The molecular formula is C24H32Cl2N4O4. The molecule has 1 saturated carbocycles. The lowest BCUT2D eigenvalue weighted by Crippen LogP contribution is -2.62. The van der Waals surface area contributed by atoms with Crippen molar-refractivity contribution in [1.82, 2.24) is 14.7 Å². The molecule has 1 aliphatic carbocycles. The van der Waals surface area contributed by atoms with Crippen molar-refractivity contribution < 1.29 is 19.4 Å². The number of carbonyl (C=O) groups is 2. The summed E-state index contributed by atoms with van der Waals surface area (Å²) in [6, 6.07) is 3.93. The molecule has 3 saturated heterocycles. The molecule has 1 aromatic rings. The van der Waals surface area contributed by atoms with Crippen LogP contribution < -0.4 is 5.32 Å². The Morgan fingerprint density at radius 1 is 1.24 bits per heavy atom. The highest BCUT2D eigenvalue weighted by Gasteiger charge is 2.51. The number of urea groups is 1. The standard InChI is InChI=1S/C24H32Cl2N4O4/c1-15-22(32)30-17(3-2-9-28-10-8-24(6-7-24)20(31)12-28)14-34-21(30)13-29(15)23(33)27-16-4-5-18(25)19(26)11-16/h4-5,11,15,17,20-21,31H,2-3,6-10,12-14H2,1H3,(H,27,33)/t15-,17-,20+,21-/m0/s1. The Kier molecular flexibility index (Phi) is 6.72. The number of aliphatic hydroxyl groups excluding tert-OH is 1. The third-order valence-corrected chi connectivity index (χ3v) is 8.76. The lowest BCUT2D eigenvalue weighted by Gasteiger charge is -2.42. The highest BCUT2D eigenvalue weighted by Crippen LogP contribution is 2.53. The van der Waals surface area contributed by atoms with Gasteiger partial charge in [0.05, 0.1) is 35.3 Å². The summed E-state index contributed by atoms with van der Waals surface area (Å²) < 4.78 is 5.94. The summed E-state index contributed by atoms with van der Waals surface area (Å²) in [7, 11) is 0. The van der Waals surface area contributed by atoms with E-state index in [1.807, 2.05) is 4.90 Å². The van der Waals surface area contributed by atoms with Crippen LogP contribution in [0.1, 0.15) is 39.0 Å². The third-order valence-electron chi connectivity index (χ3n) is 8.02. The number of β-amino-alcohol motifs (C(OH)–C–C–N with tert-alkyl or cyclic N) is 1. The van der Waals surface area contributed by atoms with Crippen LogP contribution in [0, 0.1) is 5.41 Å². The number of nitrogens with zero attached hydrogens (tertiary/aromatic N) is 3. The third kappa shape index (κ3) is 4.63. The normalized spacial score (nSPS) is 30.5. The van der Waals surface area contributed by atoms with Crippen molar-refractivity contribution in [3.63, 3.8) is 0 Å². The van der Waals surface area contributed by atoms with Crippen LogP contribution in [0.3, 0.4) is 0 Å². The average molecular weight is 511 g/mol. The number of anilines is 1. The Balaban J connectivity index is 1.13. The molecule has 1 spiro atoms. The van der Waals surface area contributed by atoms with Gasteiger partial charge >= 0.3 is 6.03 Å². The maximum atomic E-state index is 13.2. The number of fused-ring (bicyclic) bond motifs is 1. The molecule has 4 fully saturated rings. The summed E-state index contributed by atoms with van der Waals surface area (Å²) in [5, 5.41) is 14.0. The zero-order valence-corrected chi connectivity index (χ0v) is 20.9. The topological polar surface area (TPSA) is 85.4 Å². The van der Waals surface area contributed by atoms with E-state index in [1.54, 1.807) is 25.1 Å². The van der Waals surface area contributed by atoms with Crippen LogP contribution >= 0.6 is 23.2 Å². The fraction of sp³-hybridized carbons (Fsp3) is 0.667. The van der Waals surface area contributed by atoms with Crippen molar-refractivity contribution in [3.05, 3.63) is 28.2 Å². The van der Waals surface area contributed by atoms with E-state index in [0.717, 1.165) is 38.9 Å². The van der Waals surface area contributed by atoms with E-state index >= 15 is 0 Å². The number of ether oxygens (including phenoxy) is 1. The van der Waals surface area contributed by atoms with E-state index in [0.29, 0.717) is 28.9 Å². The number of amides is 3. The first-order valence-corrected chi connectivity index (χ1v) is 12.9. The van der Waals surface area contributed by atoms with Crippen molar-refractivity contribution in [3.8, 4) is 0 Å². The van der Waals surface area contributed by atoms with E-state index in [1.165, 1.54) is 17.7 Å². The fourth-order valence-electron chi connectivity index (χ4n) is 5.58. The zero-order chi connectivity index (χ0) is 24.0. The molecule has 186 valence electrons. The van der Waals surface area contributed by atoms with Gasteiger partial charge in [-0.2, -0.15) is 0 Å². The summed E-state index contributed by atoms with van der Waals surface area (Å²) >= 11 is 12.0. The quantitative estimate of drug-likeness (QED) is 0.633. The van der Waals surface area contributed by atoms with Crippen LogP contribution in [0.15, 0.2) is 18.2 Å². The van der Waals surface area contributed by atoms with Crippen LogP contribution in [-0.2, 0) is 9.53 Å². The summed E-state index contributed by atoms with van der Waals surface area (Å²) in [5.74, 6) is -0.0906. The number of hydrogen-bond donors (Lipinski definition) is 2. The van der Waals surface area contributed by atoms with Gasteiger partial charge in [0.15, 0.2) is 6.23 Å². The summed E-state index contributed by atoms with van der Waals surface area (Å²) in [5.41, 5.74) is 0.735. The minimum atomic E-state index is -0.588. The molecule has 3 amide bonds. The number of carbonyl (C=O) groups excluding carboxylic acids is 2. The lowest BCUT2D eigenvalue weighted by atomic mass is 9.90. The Morgan fingerprint density at radius 3 is 2.74 bits per heavy atom. The predicted octanol–water partition coefficient (Wildman–Crippen LogP) is 3.41. The molecule has 8 nitrogen and oxygen atoms in total. The number of likely N-dealkylation sites (tertiary alicyclic amines) is 1. The Labute approximate surface area is 210 Å². The Bertz CT molecular complexity index is 959. The van der Waals surface area contributed by atoms with Crippen LogP contribution in [0.4, 0.5) is 10.5 Å². The number of nitrogens with one attached hydrogen (secondary N) is 1. The van der Waals surface area contributed by atoms with Gasteiger partial charge in [-0.1, -0.05) is 23.2 Å². The molecular weight excluding hydrogens is 479 g/mol. The van der Waals surface area contributed by atoms with Crippen molar-refractivity contribution in [1.29, 1.82) is 0 Å². The monoisotopic (exact) mass is 510 g/mol. The zero-order valence-electron chi connectivity index (χ0n) is 19.4. The van der Waals surface area contributed by atoms with E-state index in [-0.39, 0.29) is 29.5 Å². The minimum Gasteiger partial charge on any atom is -0.391 e. The minimum absolute atomic E-state index is 0.0183. The van der Waals surface area contributed by atoms with Gasteiger partial charge in [-0.25, -0.2) is 4.79 Å². The molecule has 34 heavy (non-hydrogen) atoms. The van der Waals surface area contributed by atoms with Gasteiger partial charge in [-0.05, 0) is 75.7 Å². The second kappa shape index (κ2) is 9.47. The van der Waals surface area contributed by atoms with Gasteiger partial charge < -0.3 is 29.9 Å². The molecule has 0 unspecified atom stereocenters. The molecule has 4 atom stereocenters. The summed E-state index contributed by atoms with van der Waals surface area (Å²) in [6.07, 6.45) is 4.58. The SMILES string of the molecule is C[C@H]1C(=O)N2[C@@H](CCCN3CCC4(CC4)[C@H](O)C3)CO[C@H]2CN1C(=O)Nc1ccc(Cl)c(Cl)c1. The first-order chi connectivity index (χ1) is 16.3. The molecule has 10 heteroatoms. The lowest BCUT2D eigenvalue weighted by molar-refractivity contribution is -0.150. The molecule has 3 heterocycles. The average Bonchev–Trinajstić information content (AvgIpc) is 3.48. The molecule has 3 aliphatic heterocycles.